The van der Waals surface area contributed by atoms with Crippen LogP contribution >= 0.6 is 0 Å². The number of furan rings is 1. The molecule has 3 aromatic rings. The fourth-order valence-electron chi connectivity index (χ4n) is 3.59. The molecule has 156 valence electrons. The SMILES string of the molecule is CC(NC(=O)CCc1ccc(C2CC2C)o1)c1cccc(OCc2ccccn2)c1. The highest BCUT2D eigenvalue weighted by Gasteiger charge is 2.36. The number of nitrogens with zero attached hydrogens (tertiary/aromatic N) is 1. The number of carbonyl (C=O) groups is 1. The molecule has 1 aromatic carbocycles. The number of nitrogens with one attached hydrogen (secondary N) is 1. The van der Waals surface area contributed by atoms with Gasteiger partial charge in [0.1, 0.15) is 23.9 Å². The molecule has 4 rings (SSSR count). The maximum Gasteiger partial charge on any atom is 0.220 e. The number of benzene rings is 1. The zero-order valence-corrected chi connectivity index (χ0v) is 17.5. The molecule has 0 radical (unpaired) electrons. The van der Waals surface area contributed by atoms with E-state index < -0.39 is 0 Å². The summed E-state index contributed by atoms with van der Waals surface area (Å²) in [7, 11) is 0. The van der Waals surface area contributed by atoms with Gasteiger partial charge >= 0.3 is 0 Å². The van der Waals surface area contributed by atoms with Gasteiger partial charge in [-0.1, -0.05) is 25.1 Å². The highest BCUT2D eigenvalue weighted by molar-refractivity contribution is 5.76. The second-order valence-corrected chi connectivity index (χ2v) is 8.09. The van der Waals surface area contributed by atoms with E-state index in [1.54, 1.807) is 6.20 Å². The minimum atomic E-state index is -0.102. The van der Waals surface area contributed by atoms with Crippen molar-refractivity contribution in [3.8, 4) is 5.75 Å². The van der Waals surface area contributed by atoms with Gasteiger partial charge in [0.25, 0.3) is 0 Å². The molecule has 2 heterocycles. The van der Waals surface area contributed by atoms with Crippen LogP contribution in [0.15, 0.2) is 65.2 Å². The van der Waals surface area contributed by atoms with Crippen molar-refractivity contribution >= 4 is 5.91 Å². The first-order valence-electron chi connectivity index (χ1n) is 10.6. The Morgan fingerprint density at radius 3 is 2.87 bits per heavy atom. The summed E-state index contributed by atoms with van der Waals surface area (Å²) < 4.78 is 11.7. The molecule has 5 heteroatoms. The van der Waals surface area contributed by atoms with Gasteiger partial charge in [0, 0.05) is 25.0 Å². The number of ether oxygens (including phenoxy) is 1. The third kappa shape index (κ3) is 5.29. The van der Waals surface area contributed by atoms with Gasteiger partial charge in [-0.15, -0.1) is 0 Å². The number of aromatic nitrogens is 1. The highest BCUT2D eigenvalue weighted by Crippen LogP contribution is 2.47. The Morgan fingerprint density at radius 1 is 1.23 bits per heavy atom. The van der Waals surface area contributed by atoms with E-state index >= 15 is 0 Å². The van der Waals surface area contributed by atoms with E-state index in [0.717, 1.165) is 34.4 Å². The lowest BCUT2D eigenvalue weighted by Gasteiger charge is -2.15. The highest BCUT2D eigenvalue weighted by atomic mass is 16.5. The van der Waals surface area contributed by atoms with Gasteiger partial charge in [0.2, 0.25) is 5.91 Å². The number of amides is 1. The van der Waals surface area contributed by atoms with Crippen molar-refractivity contribution in [2.24, 2.45) is 5.92 Å². The molecule has 0 aliphatic heterocycles. The van der Waals surface area contributed by atoms with Crippen molar-refractivity contribution in [2.75, 3.05) is 0 Å². The van der Waals surface area contributed by atoms with Crippen molar-refractivity contribution in [1.82, 2.24) is 10.3 Å². The Morgan fingerprint density at radius 2 is 2.10 bits per heavy atom. The third-order valence-corrected chi connectivity index (χ3v) is 5.60. The van der Waals surface area contributed by atoms with Crippen molar-refractivity contribution in [3.05, 3.63) is 83.6 Å². The van der Waals surface area contributed by atoms with Gasteiger partial charge in [-0.05, 0) is 61.2 Å². The van der Waals surface area contributed by atoms with E-state index in [2.05, 4.69) is 23.3 Å². The van der Waals surface area contributed by atoms with Crippen LogP contribution in [0, 0.1) is 5.92 Å². The number of aryl methyl sites for hydroxylation is 1. The normalized spacial score (nSPS) is 18.6. The summed E-state index contributed by atoms with van der Waals surface area (Å²) in [5.41, 5.74) is 1.88. The average Bonchev–Trinajstić information content (AvgIpc) is 3.31. The molecule has 3 atom stereocenters. The minimum absolute atomic E-state index is 0.0139. The Labute approximate surface area is 177 Å². The fraction of sp³-hybridized carbons (Fsp3) is 0.360. The average molecular weight is 405 g/mol. The Kier molecular flexibility index (Phi) is 6.17. The van der Waals surface area contributed by atoms with E-state index in [1.165, 1.54) is 6.42 Å². The standard InChI is InChI=1S/C25H28N2O3/c1-17-14-23(17)24-11-9-21(30-24)10-12-25(28)27-18(2)19-6-5-8-22(15-19)29-16-20-7-3-4-13-26-20/h3-9,11,13,15,17-18,23H,10,12,14,16H2,1-2H3,(H,27,28). The largest absolute Gasteiger partial charge is 0.487 e. The second-order valence-electron chi connectivity index (χ2n) is 8.09. The van der Waals surface area contributed by atoms with E-state index in [1.807, 2.05) is 55.5 Å². The molecular formula is C25H28N2O3. The van der Waals surface area contributed by atoms with Crippen molar-refractivity contribution in [3.63, 3.8) is 0 Å². The molecule has 0 spiro atoms. The molecule has 0 bridgehead atoms. The molecule has 1 aliphatic rings. The first-order chi connectivity index (χ1) is 14.6. The first kappa shape index (κ1) is 20.2. The zero-order chi connectivity index (χ0) is 20.9. The summed E-state index contributed by atoms with van der Waals surface area (Å²) in [6.07, 6.45) is 3.98. The fourth-order valence-corrected chi connectivity index (χ4v) is 3.59. The number of pyridine rings is 1. The van der Waals surface area contributed by atoms with Crippen LogP contribution in [-0.2, 0) is 17.8 Å². The topological polar surface area (TPSA) is 64.4 Å². The number of hydrogen-bond acceptors (Lipinski definition) is 4. The lowest BCUT2D eigenvalue weighted by atomic mass is 10.1. The summed E-state index contributed by atoms with van der Waals surface area (Å²) >= 11 is 0. The van der Waals surface area contributed by atoms with Crippen LogP contribution in [0.5, 0.6) is 5.75 Å². The van der Waals surface area contributed by atoms with Crippen molar-refractivity contribution in [2.45, 2.75) is 51.7 Å². The number of hydrogen-bond donors (Lipinski definition) is 1. The molecule has 2 aromatic heterocycles. The smallest absolute Gasteiger partial charge is 0.220 e. The first-order valence-corrected chi connectivity index (χ1v) is 10.6. The Hall–Kier alpha value is -3.08. The van der Waals surface area contributed by atoms with E-state index in [-0.39, 0.29) is 11.9 Å². The molecule has 0 saturated heterocycles. The van der Waals surface area contributed by atoms with Crippen LogP contribution in [0.1, 0.15) is 61.4 Å². The summed E-state index contributed by atoms with van der Waals surface area (Å²) in [6.45, 7) is 4.63. The zero-order valence-electron chi connectivity index (χ0n) is 17.5. The maximum atomic E-state index is 12.4. The van der Waals surface area contributed by atoms with E-state index in [9.17, 15) is 4.79 Å². The van der Waals surface area contributed by atoms with Crippen LogP contribution in [-0.4, -0.2) is 10.9 Å². The summed E-state index contributed by atoms with van der Waals surface area (Å²) in [4.78, 5) is 16.7. The summed E-state index contributed by atoms with van der Waals surface area (Å²) in [6, 6.07) is 17.5. The lowest BCUT2D eigenvalue weighted by Crippen LogP contribution is -2.26. The van der Waals surface area contributed by atoms with Crippen LogP contribution in [0.3, 0.4) is 0 Å². The van der Waals surface area contributed by atoms with Gasteiger partial charge in [0.15, 0.2) is 0 Å². The number of carbonyl (C=O) groups excluding carboxylic acids is 1. The van der Waals surface area contributed by atoms with E-state index in [0.29, 0.717) is 25.4 Å². The molecule has 1 saturated carbocycles. The van der Waals surface area contributed by atoms with Gasteiger partial charge < -0.3 is 14.5 Å². The van der Waals surface area contributed by atoms with Gasteiger partial charge in [0.05, 0.1) is 11.7 Å². The number of rotatable bonds is 9. The minimum Gasteiger partial charge on any atom is -0.487 e. The van der Waals surface area contributed by atoms with Crippen LogP contribution in [0.2, 0.25) is 0 Å². The molecule has 5 nitrogen and oxygen atoms in total. The second kappa shape index (κ2) is 9.16. The predicted molar refractivity (Wildman–Crippen MR) is 115 cm³/mol. The monoisotopic (exact) mass is 404 g/mol. The van der Waals surface area contributed by atoms with Gasteiger partial charge in [-0.3, -0.25) is 9.78 Å². The maximum absolute atomic E-state index is 12.4. The Bertz CT molecular complexity index is 983. The van der Waals surface area contributed by atoms with E-state index in [4.69, 9.17) is 9.15 Å². The van der Waals surface area contributed by atoms with Crippen molar-refractivity contribution < 1.29 is 13.9 Å². The summed E-state index contributed by atoms with van der Waals surface area (Å²) in [5.74, 6) is 4.01. The van der Waals surface area contributed by atoms with Crippen LogP contribution in [0.4, 0.5) is 0 Å². The van der Waals surface area contributed by atoms with Gasteiger partial charge in [-0.25, -0.2) is 0 Å². The van der Waals surface area contributed by atoms with Crippen LogP contribution < -0.4 is 10.1 Å². The molecule has 30 heavy (non-hydrogen) atoms. The van der Waals surface area contributed by atoms with Gasteiger partial charge in [-0.2, -0.15) is 0 Å². The molecule has 1 N–H and O–H groups in total. The summed E-state index contributed by atoms with van der Waals surface area (Å²) in [5, 5.41) is 3.07. The lowest BCUT2D eigenvalue weighted by molar-refractivity contribution is -0.121. The molecule has 1 aliphatic carbocycles. The van der Waals surface area contributed by atoms with Crippen molar-refractivity contribution in [1.29, 1.82) is 0 Å². The van der Waals surface area contributed by atoms with Crippen LogP contribution in [0.25, 0.3) is 0 Å². The molecular weight excluding hydrogens is 376 g/mol. The molecule has 1 amide bonds. The predicted octanol–water partition coefficient (Wildman–Crippen LogP) is 5.19. The third-order valence-electron chi connectivity index (χ3n) is 5.60. The quantitative estimate of drug-likeness (QED) is 0.533. The molecule has 3 unspecified atom stereocenters. The molecule has 1 fully saturated rings. The Balaban J connectivity index is 1.26.